The van der Waals surface area contributed by atoms with E-state index in [1.807, 2.05) is 12.3 Å². The van der Waals surface area contributed by atoms with Crippen molar-refractivity contribution in [2.75, 3.05) is 11.9 Å². The average Bonchev–Trinajstić information content (AvgIpc) is 2.41. The highest BCUT2D eigenvalue weighted by molar-refractivity contribution is 5.40. The maximum Gasteiger partial charge on any atom is 0.250 e. The van der Waals surface area contributed by atoms with Crippen LogP contribution >= 0.6 is 0 Å². The number of hydrogen-bond donors (Lipinski definition) is 1. The lowest BCUT2D eigenvalue weighted by Gasteiger charge is -2.22. The Balaban J connectivity index is 1.92. The van der Waals surface area contributed by atoms with Gasteiger partial charge >= 0.3 is 0 Å². The summed E-state index contributed by atoms with van der Waals surface area (Å²) in [6.07, 6.45) is 9.80. The zero-order valence-corrected chi connectivity index (χ0v) is 11.3. The van der Waals surface area contributed by atoms with Crippen LogP contribution in [0, 0.1) is 5.92 Å². The number of hydrogen-bond acceptors (Lipinski definition) is 2. The second-order valence-electron chi connectivity index (χ2n) is 5.33. The third-order valence-electron chi connectivity index (χ3n) is 3.77. The summed E-state index contributed by atoms with van der Waals surface area (Å²) in [5.41, 5.74) is 1.17. The number of aryl methyl sites for hydroxylation is 1. The standard InChI is InChI=1S/C15H24N2O/c1-2-10-17-12-14(8-9-15(17)18)16-11-13-6-4-3-5-7-13/h8-9,12-13,16H,2-7,10-11H2,1H3. The lowest BCUT2D eigenvalue weighted by molar-refractivity contribution is 0.373. The molecule has 0 radical (unpaired) electrons. The second kappa shape index (κ2) is 6.62. The van der Waals surface area contributed by atoms with Crippen molar-refractivity contribution < 1.29 is 0 Å². The maximum atomic E-state index is 11.6. The summed E-state index contributed by atoms with van der Waals surface area (Å²) >= 11 is 0. The van der Waals surface area contributed by atoms with E-state index in [-0.39, 0.29) is 5.56 Å². The monoisotopic (exact) mass is 248 g/mol. The molecule has 1 aliphatic rings. The van der Waals surface area contributed by atoms with Gasteiger partial charge in [-0.05, 0) is 31.2 Å². The predicted molar refractivity (Wildman–Crippen MR) is 76.1 cm³/mol. The molecule has 0 unspecified atom stereocenters. The van der Waals surface area contributed by atoms with E-state index in [1.165, 1.54) is 32.1 Å². The summed E-state index contributed by atoms with van der Waals surface area (Å²) < 4.78 is 1.79. The van der Waals surface area contributed by atoms with E-state index in [2.05, 4.69) is 12.2 Å². The Bertz CT molecular complexity index is 419. The third kappa shape index (κ3) is 3.62. The smallest absolute Gasteiger partial charge is 0.250 e. The Morgan fingerprint density at radius 3 is 2.78 bits per heavy atom. The van der Waals surface area contributed by atoms with Crippen LogP contribution in [0.1, 0.15) is 45.4 Å². The number of anilines is 1. The minimum atomic E-state index is 0.0973. The van der Waals surface area contributed by atoms with Gasteiger partial charge < -0.3 is 9.88 Å². The van der Waals surface area contributed by atoms with Gasteiger partial charge in [0.1, 0.15) is 0 Å². The molecule has 2 rings (SSSR count). The average molecular weight is 248 g/mol. The molecule has 1 aliphatic carbocycles. The van der Waals surface area contributed by atoms with Crippen LogP contribution in [-0.2, 0) is 6.54 Å². The quantitative estimate of drug-likeness (QED) is 0.868. The number of nitrogens with one attached hydrogen (secondary N) is 1. The number of pyridine rings is 1. The second-order valence-corrected chi connectivity index (χ2v) is 5.33. The summed E-state index contributed by atoms with van der Waals surface area (Å²) in [5.74, 6) is 0.810. The first-order chi connectivity index (χ1) is 8.79. The van der Waals surface area contributed by atoms with Crippen molar-refractivity contribution in [2.24, 2.45) is 5.92 Å². The fourth-order valence-corrected chi connectivity index (χ4v) is 2.71. The zero-order valence-electron chi connectivity index (χ0n) is 11.3. The fourth-order valence-electron chi connectivity index (χ4n) is 2.71. The van der Waals surface area contributed by atoms with E-state index in [0.717, 1.165) is 31.1 Å². The van der Waals surface area contributed by atoms with E-state index >= 15 is 0 Å². The molecule has 100 valence electrons. The summed E-state index contributed by atoms with van der Waals surface area (Å²) in [4.78, 5) is 11.6. The minimum absolute atomic E-state index is 0.0973. The molecule has 18 heavy (non-hydrogen) atoms. The van der Waals surface area contributed by atoms with Gasteiger partial charge in [0.2, 0.25) is 0 Å². The topological polar surface area (TPSA) is 34.0 Å². The third-order valence-corrected chi connectivity index (χ3v) is 3.77. The van der Waals surface area contributed by atoms with E-state index in [4.69, 9.17) is 0 Å². The molecule has 1 fully saturated rings. The molecule has 0 aliphatic heterocycles. The van der Waals surface area contributed by atoms with Crippen molar-refractivity contribution in [1.29, 1.82) is 0 Å². The van der Waals surface area contributed by atoms with Gasteiger partial charge in [-0.25, -0.2) is 0 Å². The summed E-state index contributed by atoms with van der Waals surface area (Å²) in [7, 11) is 0. The number of rotatable bonds is 5. The minimum Gasteiger partial charge on any atom is -0.384 e. The van der Waals surface area contributed by atoms with Gasteiger partial charge in [0, 0.05) is 25.4 Å². The van der Waals surface area contributed by atoms with Gasteiger partial charge in [-0.1, -0.05) is 26.2 Å². The van der Waals surface area contributed by atoms with E-state index in [1.54, 1.807) is 10.6 Å². The molecule has 3 nitrogen and oxygen atoms in total. The normalized spacial score (nSPS) is 16.7. The molecular formula is C15H24N2O. The molecule has 1 aromatic heterocycles. The van der Waals surface area contributed by atoms with Gasteiger partial charge in [0.05, 0.1) is 5.69 Å². The fraction of sp³-hybridized carbons (Fsp3) is 0.667. The Kier molecular flexibility index (Phi) is 4.85. The lowest BCUT2D eigenvalue weighted by atomic mass is 9.89. The zero-order chi connectivity index (χ0) is 12.8. The molecule has 0 spiro atoms. The van der Waals surface area contributed by atoms with Gasteiger partial charge in [-0.15, -0.1) is 0 Å². The van der Waals surface area contributed by atoms with Crippen LogP contribution in [0.25, 0.3) is 0 Å². The predicted octanol–water partition coefficient (Wildman–Crippen LogP) is 3.25. The first kappa shape index (κ1) is 13.2. The largest absolute Gasteiger partial charge is 0.384 e. The Morgan fingerprint density at radius 2 is 2.06 bits per heavy atom. The van der Waals surface area contributed by atoms with Crippen molar-refractivity contribution in [1.82, 2.24) is 4.57 Å². The molecule has 0 aromatic carbocycles. The molecular weight excluding hydrogens is 224 g/mol. The van der Waals surface area contributed by atoms with Gasteiger partial charge in [0.15, 0.2) is 0 Å². The van der Waals surface area contributed by atoms with Crippen LogP contribution < -0.4 is 10.9 Å². The van der Waals surface area contributed by atoms with Crippen molar-refractivity contribution in [3.63, 3.8) is 0 Å². The first-order valence-corrected chi connectivity index (χ1v) is 7.24. The van der Waals surface area contributed by atoms with E-state index in [9.17, 15) is 4.79 Å². The van der Waals surface area contributed by atoms with Crippen LogP contribution in [0.15, 0.2) is 23.1 Å². The van der Waals surface area contributed by atoms with Crippen molar-refractivity contribution in [2.45, 2.75) is 52.0 Å². The van der Waals surface area contributed by atoms with Gasteiger partial charge in [-0.3, -0.25) is 4.79 Å². The lowest BCUT2D eigenvalue weighted by Crippen LogP contribution is -2.21. The number of nitrogens with zero attached hydrogens (tertiary/aromatic N) is 1. The summed E-state index contributed by atoms with van der Waals surface area (Å²) in [6, 6.07) is 3.57. The van der Waals surface area contributed by atoms with E-state index < -0.39 is 0 Å². The number of aromatic nitrogens is 1. The molecule has 0 atom stereocenters. The molecule has 0 amide bonds. The van der Waals surface area contributed by atoms with Crippen LogP contribution in [0.3, 0.4) is 0 Å². The van der Waals surface area contributed by atoms with Crippen LogP contribution in [-0.4, -0.2) is 11.1 Å². The van der Waals surface area contributed by atoms with Crippen molar-refractivity contribution >= 4 is 5.69 Å². The van der Waals surface area contributed by atoms with Gasteiger partial charge in [0.25, 0.3) is 5.56 Å². The summed E-state index contributed by atoms with van der Waals surface area (Å²) in [5, 5.41) is 3.48. The van der Waals surface area contributed by atoms with Crippen molar-refractivity contribution in [3.8, 4) is 0 Å². The molecule has 0 saturated heterocycles. The van der Waals surface area contributed by atoms with E-state index in [0.29, 0.717) is 0 Å². The van der Waals surface area contributed by atoms with Crippen LogP contribution in [0.4, 0.5) is 5.69 Å². The van der Waals surface area contributed by atoms with Crippen LogP contribution in [0.2, 0.25) is 0 Å². The highest BCUT2D eigenvalue weighted by atomic mass is 16.1. The molecule has 0 bridgehead atoms. The molecule has 3 heteroatoms. The Labute approximate surface area is 109 Å². The highest BCUT2D eigenvalue weighted by Crippen LogP contribution is 2.23. The SMILES string of the molecule is CCCn1cc(NCC2CCCCC2)ccc1=O. The Hall–Kier alpha value is -1.25. The van der Waals surface area contributed by atoms with Crippen molar-refractivity contribution in [3.05, 3.63) is 28.7 Å². The maximum absolute atomic E-state index is 11.6. The molecule has 1 heterocycles. The molecule has 1 N–H and O–H groups in total. The van der Waals surface area contributed by atoms with Gasteiger partial charge in [-0.2, -0.15) is 0 Å². The molecule has 1 saturated carbocycles. The summed E-state index contributed by atoms with van der Waals surface area (Å²) in [6.45, 7) is 3.94. The molecule has 1 aromatic rings. The Morgan fingerprint density at radius 1 is 1.28 bits per heavy atom. The highest BCUT2D eigenvalue weighted by Gasteiger charge is 2.12. The first-order valence-electron chi connectivity index (χ1n) is 7.24. The van der Waals surface area contributed by atoms with Crippen LogP contribution in [0.5, 0.6) is 0 Å².